The van der Waals surface area contributed by atoms with Crippen molar-refractivity contribution in [3.63, 3.8) is 0 Å². The van der Waals surface area contributed by atoms with Crippen LogP contribution in [0.2, 0.25) is 0 Å². The van der Waals surface area contributed by atoms with Gasteiger partial charge in [-0.1, -0.05) is 165 Å². The largest absolute Gasteiger partial charge is 0.228 e. The highest BCUT2D eigenvalue weighted by molar-refractivity contribution is 6.05. The Hall–Kier alpha value is -6.12. The summed E-state index contributed by atoms with van der Waals surface area (Å²) in [7, 11) is 0. The van der Waals surface area contributed by atoms with Gasteiger partial charge in [0.25, 0.3) is 0 Å². The van der Waals surface area contributed by atoms with E-state index in [1.807, 2.05) is 115 Å². The Morgan fingerprint density at radius 3 is 1.78 bits per heavy atom. The fourth-order valence-corrected chi connectivity index (χ4v) is 7.16. The highest BCUT2D eigenvalue weighted by Gasteiger charge is 2.35. The van der Waals surface area contributed by atoms with E-state index >= 15 is 0 Å². The summed E-state index contributed by atoms with van der Waals surface area (Å²) in [5.41, 5.74) is 7.82. The van der Waals surface area contributed by atoms with Gasteiger partial charge in [0.1, 0.15) is 0 Å². The third-order valence-corrected chi connectivity index (χ3v) is 9.58. The number of benzene rings is 7. The molecular formula is C47H34N2. The van der Waals surface area contributed by atoms with Gasteiger partial charge in [0.15, 0.2) is 5.82 Å². The average Bonchev–Trinajstić information content (AvgIpc) is 3.52. The van der Waals surface area contributed by atoms with Crippen LogP contribution in [0.15, 0.2) is 170 Å². The van der Waals surface area contributed by atoms with Crippen molar-refractivity contribution in [3.8, 4) is 67.3 Å². The van der Waals surface area contributed by atoms with Crippen LogP contribution in [0.4, 0.5) is 0 Å². The van der Waals surface area contributed by atoms with E-state index in [-0.39, 0.29) is 0 Å². The Bertz CT molecular complexity index is 2720. The standard InChI is InChI=1S/C47H34N2/c1-47(2)42-23-12-11-22-39(42)40-25-24-34(29-43(40)47)36-26-27-41(38-21-10-9-20-37(36)38)45-30-44(48-46(49-45)32-16-7-4-8-17-32)35-19-13-18-33(28-35)31-14-5-3-6-15-31/h3-30H,1-2H3/i1D3,2D3. The zero-order valence-electron chi connectivity index (χ0n) is 32.6. The molecule has 2 heteroatoms. The SMILES string of the molecule is [2H]C([2H])([2H])C1(C([2H])([2H])[2H])c2ccccc2-c2ccc(-c3ccc(-c4cc(-c5cccc(-c6ccccc6)c5)nc(-c5ccccc5)n4)c4ccccc34)cc21. The molecule has 9 rings (SSSR count). The molecule has 0 fully saturated rings. The summed E-state index contributed by atoms with van der Waals surface area (Å²) in [5, 5.41) is 1.87. The van der Waals surface area contributed by atoms with E-state index in [0.717, 1.165) is 61.1 Å². The fourth-order valence-electron chi connectivity index (χ4n) is 7.16. The van der Waals surface area contributed by atoms with Crippen molar-refractivity contribution in [1.29, 1.82) is 0 Å². The van der Waals surface area contributed by atoms with E-state index in [9.17, 15) is 0 Å². The van der Waals surface area contributed by atoms with Gasteiger partial charge in [-0.2, -0.15) is 0 Å². The number of fused-ring (bicyclic) bond motifs is 4. The maximum absolute atomic E-state index is 8.70. The van der Waals surface area contributed by atoms with Crippen LogP contribution >= 0.6 is 0 Å². The van der Waals surface area contributed by atoms with Crippen molar-refractivity contribution in [3.05, 3.63) is 181 Å². The highest BCUT2D eigenvalue weighted by atomic mass is 14.9. The van der Waals surface area contributed by atoms with Crippen molar-refractivity contribution in [2.75, 3.05) is 0 Å². The third kappa shape index (κ3) is 4.96. The van der Waals surface area contributed by atoms with Gasteiger partial charge in [-0.3, -0.25) is 0 Å². The number of rotatable bonds is 5. The van der Waals surface area contributed by atoms with Crippen LogP contribution < -0.4 is 0 Å². The number of nitrogens with zero attached hydrogens (tertiary/aromatic N) is 2. The van der Waals surface area contributed by atoms with Crippen molar-refractivity contribution >= 4 is 10.8 Å². The summed E-state index contributed by atoms with van der Waals surface area (Å²) in [5.74, 6) is 0.607. The van der Waals surface area contributed by atoms with Crippen molar-refractivity contribution in [1.82, 2.24) is 9.97 Å². The Labute approximate surface area is 295 Å². The molecule has 0 amide bonds. The van der Waals surface area contributed by atoms with Gasteiger partial charge in [0, 0.05) is 30.3 Å². The van der Waals surface area contributed by atoms with Crippen LogP contribution in [-0.4, -0.2) is 9.97 Å². The summed E-state index contributed by atoms with van der Waals surface area (Å²) in [6.07, 6.45) is 0. The average molecular weight is 633 g/mol. The molecule has 0 saturated heterocycles. The molecule has 1 heterocycles. The first-order valence-corrected chi connectivity index (χ1v) is 16.4. The van der Waals surface area contributed by atoms with E-state index in [2.05, 4.69) is 36.4 Å². The van der Waals surface area contributed by atoms with E-state index in [1.54, 1.807) is 18.2 Å². The normalized spacial score (nSPS) is 15.2. The summed E-state index contributed by atoms with van der Waals surface area (Å²) in [6, 6.07) is 55.4. The molecule has 2 nitrogen and oxygen atoms in total. The monoisotopic (exact) mass is 632 g/mol. The van der Waals surface area contributed by atoms with E-state index in [1.165, 1.54) is 0 Å². The quantitative estimate of drug-likeness (QED) is 0.189. The smallest absolute Gasteiger partial charge is 0.160 e. The lowest BCUT2D eigenvalue weighted by Crippen LogP contribution is -2.14. The van der Waals surface area contributed by atoms with E-state index < -0.39 is 19.1 Å². The first-order chi connectivity index (χ1) is 26.5. The lowest BCUT2D eigenvalue weighted by Gasteiger charge is -2.22. The Morgan fingerprint density at radius 1 is 0.388 bits per heavy atom. The first kappa shape index (κ1) is 23.2. The topological polar surface area (TPSA) is 25.8 Å². The predicted octanol–water partition coefficient (Wildman–Crippen LogP) is 12.3. The van der Waals surface area contributed by atoms with Crippen LogP contribution in [0.1, 0.15) is 33.1 Å². The molecule has 0 bridgehead atoms. The summed E-state index contributed by atoms with van der Waals surface area (Å²) in [6.45, 7) is -5.68. The van der Waals surface area contributed by atoms with Crippen molar-refractivity contribution in [2.45, 2.75) is 19.1 Å². The molecule has 232 valence electrons. The number of aromatic nitrogens is 2. The number of hydrogen-bond acceptors (Lipinski definition) is 2. The zero-order valence-corrected chi connectivity index (χ0v) is 26.6. The molecule has 0 radical (unpaired) electrons. The van der Waals surface area contributed by atoms with Gasteiger partial charge in [-0.25, -0.2) is 9.97 Å². The van der Waals surface area contributed by atoms with Gasteiger partial charge in [0.05, 0.1) is 11.4 Å². The molecule has 0 aliphatic heterocycles. The number of hydrogen-bond donors (Lipinski definition) is 0. The third-order valence-electron chi connectivity index (χ3n) is 9.58. The van der Waals surface area contributed by atoms with E-state index in [0.29, 0.717) is 28.1 Å². The van der Waals surface area contributed by atoms with Gasteiger partial charge >= 0.3 is 0 Å². The van der Waals surface area contributed by atoms with Crippen LogP contribution in [0.25, 0.3) is 78.1 Å². The molecule has 1 aromatic heterocycles. The van der Waals surface area contributed by atoms with Crippen molar-refractivity contribution < 1.29 is 8.22 Å². The van der Waals surface area contributed by atoms with Crippen LogP contribution in [0.3, 0.4) is 0 Å². The molecule has 1 aliphatic carbocycles. The lowest BCUT2D eigenvalue weighted by molar-refractivity contribution is 0.660. The predicted molar refractivity (Wildman–Crippen MR) is 204 cm³/mol. The zero-order chi connectivity index (χ0) is 38.0. The second kappa shape index (κ2) is 11.5. The minimum Gasteiger partial charge on any atom is -0.228 e. The summed E-state index contributed by atoms with van der Waals surface area (Å²) < 4.78 is 52.2. The molecule has 7 aromatic carbocycles. The minimum absolute atomic E-state index is 0.296. The maximum Gasteiger partial charge on any atom is 0.160 e. The molecule has 0 atom stereocenters. The molecule has 49 heavy (non-hydrogen) atoms. The van der Waals surface area contributed by atoms with Crippen LogP contribution in [0.5, 0.6) is 0 Å². The maximum atomic E-state index is 8.70. The molecule has 1 aliphatic rings. The van der Waals surface area contributed by atoms with Crippen molar-refractivity contribution in [2.24, 2.45) is 0 Å². The molecule has 0 saturated carbocycles. The van der Waals surface area contributed by atoms with Gasteiger partial charge < -0.3 is 0 Å². The second-order valence-electron chi connectivity index (χ2n) is 12.5. The summed E-state index contributed by atoms with van der Waals surface area (Å²) >= 11 is 0. The Morgan fingerprint density at radius 2 is 0.980 bits per heavy atom. The minimum atomic E-state index is -2.84. The van der Waals surface area contributed by atoms with Gasteiger partial charge in [0.2, 0.25) is 0 Å². The Balaban J connectivity index is 1.22. The molecular weight excluding hydrogens is 593 g/mol. The lowest BCUT2D eigenvalue weighted by atomic mass is 9.81. The molecule has 0 N–H and O–H groups in total. The summed E-state index contributed by atoms with van der Waals surface area (Å²) in [4.78, 5) is 10.2. The molecule has 8 aromatic rings. The fraction of sp³-hybridized carbons (Fsp3) is 0.0638. The first-order valence-electron chi connectivity index (χ1n) is 19.4. The Kier molecular flexibility index (Phi) is 5.47. The van der Waals surface area contributed by atoms with Crippen LogP contribution in [-0.2, 0) is 5.41 Å². The van der Waals surface area contributed by atoms with Gasteiger partial charge in [-0.15, -0.1) is 0 Å². The molecule has 0 unspecified atom stereocenters. The second-order valence-corrected chi connectivity index (χ2v) is 12.5. The highest BCUT2D eigenvalue weighted by Crippen LogP contribution is 2.50. The van der Waals surface area contributed by atoms with Crippen LogP contribution in [0, 0.1) is 0 Å². The molecule has 0 spiro atoms. The van der Waals surface area contributed by atoms with E-state index in [4.69, 9.17) is 18.2 Å². The van der Waals surface area contributed by atoms with Gasteiger partial charge in [-0.05, 0) is 73.5 Å².